The SMILES string of the molecule is CCNC(=NCc1ccc(F)cc1)NCc1ccccc1OC.I. The quantitative estimate of drug-likeness (QED) is 0.407. The summed E-state index contributed by atoms with van der Waals surface area (Å²) in [6, 6.07) is 14.2. The Hall–Kier alpha value is -1.83. The number of ether oxygens (including phenoxy) is 1. The van der Waals surface area contributed by atoms with Crippen LogP contribution in [-0.2, 0) is 13.1 Å². The van der Waals surface area contributed by atoms with Gasteiger partial charge in [-0.15, -0.1) is 24.0 Å². The zero-order chi connectivity index (χ0) is 16.5. The number of methoxy groups -OCH3 is 1. The second-order valence-electron chi connectivity index (χ2n) is 4.99. The largest absolute Gasteiger partial charge is 0.496 e. The van der Waals surface area contributed by atoms with Crippen molar-refractivity contribution in [2.24, 2.45) is 4.99 Å². The average Bonchev–Trinajstić information content (AvgIpc) is 2.59. The van der Waals surface area contributed by atoms with E-state index in [4.69, 9.17) is 4.74 Å². The van der Waals surface area contributed by atoms with E-state index in [0.717, 1.165) is 23.4 Å². The molecular formula is C18H23FIN3O. The maximum absolute atomic E-state index is 12.9. The lowest BCUT2D eigenvalue weighted by atomic mass is 10.2. The monoisotopic (exact) mass is 443 g/mol. The fourth-order valence-electron chi connectivity index (χ4n) is 2.13. The second kappa shape index (κ2) is 10.9. The summed E-state index contributed by atoms with van der Waals surface area (Å²) in [6.45, 7) is 3.88. The Kier molecular flexibility index (Phi) is 9.14. The van der Waals surface area contributed by atoms with E-state index < -0.39 is 0 Å². The molecule has 24 heavy (non-hydrogen) atoms. The van der Waals surface area contributed by atoms with Gasteiger partial charge in [-0.1, -0.05) is 30.3 Å². The van der Waals surface area contributed by atoms with Crippen LogP contribution >= 0.6 is 24.0 Å². The molecule has 0 atom stereocenters. The Morgan fingerprint density at radius 1 is 1.08 bits per heavy atom. The molecule has 4 nitrogen and oxygen atoms in total. The fraction of sp³-hybridized carbons (Fsp3) is 0.278. The van der Waals surface area contributed by atoms with Crippen molar-refractivity contribution in [1.82, 2.24) is 10.6 Å². The molecule has 0 aliphatic heterocycles. The number of guanidine groups is 1. The summed E-state index contributed by atoms with van der Waals surface area (Å²) in [5, 5.41) is 6.47. The van der Waals surface area contributed by atoms with E-state index in [2.05, 4.69) is 15.6 Å². The van der Waals surface area contributed by atoms with Gasteiger partial charge in [-0.3, -0.25) is 0 Å². The molecule has 2 N–H and O–H groups in total. The molecule has 0 amide bonds. The number of aliphatic imine (C=N–C) groups is 1. The van der Waals surface area contributed by atoms with Crippen LogP contribution in [0.3, 0.4) is 0 Å². The first-order chi connectivity index (χ1) is 11.2. The number of benzene rings is 2. The van der Waals surface area contributed by atoms with Crippen LogP contribution in [0.25, 0.3) is 0 Å². The van der Waals surface area contributed by atoms with E-state index in [1.807, 2.05) is 31.2 Å². The molecule has 0 aromatic heterocycles. The summed E-state index contributed by atoms with van der Waals surface area (Å²) in [7, 11) is 1.66. The van der Waals surface area contributed by atoms with Gasteiger partial charge in [0.2, 0.25) is 0 Å². The van der Waals surface area contributed by atoms with Crippen LogP contribution in [0.5, 0.6) is 5.75 Å². The van der Waals surface area contributed by atoms with Crippen LogP contribution in [0.2, 0.25) is 0 Å². The molecule has 130 valence electrons. The topological polar surface area (TPSA) is 45.7 Å². The zero-order valence-electron chi connectivity index (χ0n) is 13.9. The summed E-state index contributed by atoms with van der Waals surface area (Å²) >= 11 is 0. The van der Waals surface area contributed by atoms with Crippen molar-refractivity contribution in [1.29, 1.82) is 0 Å². The van der Waals surface area contributed by atoms with Gasteiger partial charge in [0.25, 0.3) is 0 Å². The lowest BCUT2D eigenvalue weighted by Gasteiger charge is -2.13. The first-order valence-corrected chi connectivity index (χ1v) is 7.61. The third kappa shape index (κ3) is 6.35. The number of rotatable bonds is 6. The summed E-state index contributed by atoms with van der Waals surface area (Å²) < 4.78 is 18.3. The Labute approximate surface area is 159 Å². The number of hydrogen-bond donors (Lipinski definition) is 2. The van der Waals surface area contributed by atoms with Gasteiger partial charge >= 0.3 is 0 Å². The highest BCUT2D eigenvalue weighted by atomic mass is 127. The number of para-hydroxylation sites is 1. The fourth-order valence-corrected chi connectivity index (χ4v) is 2.13. The van der Waals surface area contributed by atoms with Crippen LogP contribution in [0.4, 0.5) is 4.39 Å². The molecule has 0 bridgehead atoms. The molecular weight excluding hydrogens is 420 g/mol. The molecule has 2 aromatic carbocycles. The Bertz CT molecular complexity index is 647. The maximum Gasteiger partial charge on any atom is 0.191 e. The average molecular weight is 443 g/mol. The van der Waals surface area contributed by atoms with Gasteiger partial charge in [0.1, 0.15) is 11.6 Å². The van der Waals surface area contributed by atoms with Crippen molar-refractivity contribution in [3.05, 3.63) is 65.5 Å². The maximum atomic E-state index is 12.9. The first-order valence-electron chi connectivity index (χ1n) is 7.61. The number of halogens is 2. The van der Waals surface area contributed by atoms with E-state index in [0.29, 0.717) is 19.0 Å². The molecule has 2 rings (SSSR count). The molecule has 0 aliphatic rings. The van der Waals surface area contributed by atoms with Gasteiger partial charge in [0, 0.05) is 18.7 Å². The predicted octanol–water partition coefficient (Wildman–Crippen LogP) is 3.71. The van der Waals surface area contributed by atoms with E-state index in [1.54, 1.807) is 19.2 Å². The van der Waals surface area contributed by atoms with E-state index in [-0.39, 0.29) is 29.8 Å². The molecule has 6 heteroatoms. The Balaban J connectivity index is 0.00000288. The van der Waals surface area contributed by atoms with Crippen LogP contribution in [0, 0.1) is 5.82 Å². The molecule has 0 unspecified atom stereocenters. The van der Waals surface area contributed by atoms with Crippen LogP contribution < -0.4 is 15.4 Å². The summed E-state index contributed by atoms with van der Waals surface area (Å²) in [6.07, 6.45) is 0. The molecule has 0 saturated heterocycles. The molecule has 0 fully saturated rings. The highest BCUT2D eigenvalue weighted by molar-refractivity contribution is 14.0. The van der Waals surface area contributed by atoms with E-state index in [1.165, 1.54) is 12.1 Å². The van der Waals surface area contributed by atoms with Gasteiger partial charge < -0.3 is 15.4 Å². The van der Waals surface area contributed by atoms with Crippen molar-refractivity contribution < 1.29 is 9.13 Å². The standard InChI is InChI=1S/C18H22FN3O.HI/c1-3-20-18(21-12-14-8-10-16(19)11-9-14)22-13-15-6-4-5-7-17(15)23-2;/h4-11H,3,12-13H2,1-2H3,(H2,20,21,22);1H. The van der Waals surface area contributed by atoms with Crippen molar-refractivity contribution in [3.8, 4) is 5.75 Å². The van der Waals surface area contributed by atoms with Gasteiger partial charge in [-0.05, 0) is 30.7 Å². The van der Waals surface area contributed by atoms with E-state index in [9.17, 15) is 4.39 Å². The van der Waals surface area contributed by atoms with Gasteiger partial charge in [-0.2, -0.15) is 0 Å². The van der Waals surface area contributed by atoms with Crippen molar-refractivity contribution in [3.63, 3.8) is 0 Å². The van der Waals surface area contributed by atoms with Gasteiger partial charge in [-0.25, -0.2) is 9.38 Å². The van der Waals surface area contributed by atoms with Crippen LogP contribution in [-0.4, -0.2) is 19.6 Å². The number of nitrogens with zero attached hydrogens (tertiary/aromatic N) is 1. The van der Waals surface area contributed by atoms with Crippen molar-refractivity contribution in [2.75, 3.05) is 13.7 Å². The number of nitrogens with one attached hydrogen (secondary N) is 2. The minimum absolute atomic E-state index is 0. The highest BCUT2D eigenvalue weighted by Gasteiger charge is 2.03. The molecule has 0 radical (unpaired) electrons. The highest BCUT2D eigenvalue weighted by Crippen LogP contribution is 2.16. The minimum atomic E-state index is -0.237. The predicted molar refractivity (Wildman–Crippen MR) is 106 cm³/mol. The number of hydrogen-bond acceptors (Lipinski definition) is 2. The van der Waals surface area contributed by atoms with Crippen molar-refractivity contribution >= 4 is 29.9 Å². The normalized spacial score (nSPS) is 10.7. The Morgan fingerprint density at radius 2 is 1.79 bits per heavy atom. The molecule has 0 heterocycles. The third-order valence-corrected chi connectivity index (χ3v) is 3.32. The van der Waals surface area contributed by atoms with Gasteiger partial charge in [0.05, 0.1) is 13.7 Å². The van der Waals surface area contributed by atoms with Crippen LogP contribution in [0.15, 0.2) is 53.5 Å². The van der Waals surface area contributed by atoms with Crippen molar-refractivity contribution in [2.45, 2.75) is 20.0 Å². The van der Waals surface area contributed by atoms with Gasteiger partial charge in [0.15, 0.2) is 5.96 Å². The lowest BCUT2D eigenvalue weighted by molar-refractivity contribution is 0.409. The summed E-state index contributed by atoms with van der Waals surface area (Å²) in [4.78, 5) is 4.52. The zero-order valence-corrected chi connectivity index (χ0v) is 16.2. The smallest absolute Gasteiger partial charge is 0.191 e. The van der Waals surface area contributed by atoms with E-state index >= 15 is 0 Å². The molecule has 0 aliphatic carbocycles. The summed E-state index contributed by atoms with van der Waals surface area (Å²) in [5.74, 6) is 1.32. The lowest BCUT2D eigenvalue weighted by Crippen LogP contribution is -2.36. The first kappa shape index (κ1) is 20.2. The minimum Gasteiger partial charge on any atom is -0.496 e. The second-order valence-corrected chi connectivity index (χ2v) is 4.99. The molecule has 2 aromatic rings. The molecule has 0 spiro atoms. The Morgan fingerprint density at radius 3 is 2.46 bits per heavy atom. The molecule has 0 saturated carbocycles. The van der Waals surface area contributed by atoms with Crippen LogP contribution in [0.1, 0.15) is 18.1 Å². The third-order valence-electron chi connectivity index (χ3n) is 3.32. The summed E-state index contributed by atoms with van der Waals surface area (Å²) in [5.41, 5.74) is 2.02.